The topological polar surface area (TPSA) is 80.9 Å². The molecule has 1 aromatic heterocycles. The summed E-state index contributed by atoms with van der Waals surface area (Å²) >= 11 is 0. The zero-order valence-corrected chi connectivity index (χ0v) is 19.8. The van der Waals surface area contributed by atoms with E-state index in [2.05, 4.69) is 9.47 Å². The first-order chi connectivity index (χ1) is 21.9. The van der Waals surface area contributed by atoms with Crippen molar-refractivity contribution in [3.8, 4) is 11.5 Å². The van der Waals surface area contributed by atoms with E-state index in [-0.39, 0.29) is 0 Å². The lowest BCUT2D eigenvalue weighted by Crippen LogP contribution is -2.26. The highest BCUT2D eigenvalue weighted by Crippen LogP contribution is 2.52. The molecule has 3 aromatic rings. The number of rotatable bonds is 9. The summed E-state index contributed by atoms with van der Waals surface area (Å²) in [5.41, 5.74) is -7.04. The molecule has 1 atom stereocenters. The fourth-order valence-corrected chi connectivity index (χ4v) is 4.16. The van der Waals surface area contributed by atoms with Crippen LogP contribution in [0.5, 0.6) is 11.5 Å². The van der Waals surface area contributed by atoms with Gasteiger partial charge < -0.3 is 24.3 Å². The summed E-state index contributed by atoms with van der Waals surface area (Å²) in [6.07, 6.45) is -17.0. The molecule has 0 unspecified atom stereocenters. The van der Waals surface area contributed by atoms with Crippen molar-refractivity contribution in [3.63, 3.8) is 0 Å². The third-order valence-electron chi connectivity index (χ3n) is 6.41. The maximum atomic E-state index is 16.2. The molecule has 5 rings (SSSR count). The Morgan fingerprint density at radius 2 is 2.00 bits per heavy atom. The van der Waals surface area contributed by atoms with Gasteiger partial charge in [-0.25, -0.2) is 4.39 Å². The molecule has 2 aliphatic rings. The van der Waals surface area contributed by atoms with Crippen molar-refractivity contribution in [3.05, 3.63) is 59.0 Å². The predicted octanol–water partition coefficient (Wildman–Crippen LogP) is 4.99. The molecule has 1 fully saturated rings. The average molecular weight is 530 g/mol. The van der Waals surface area contributed by atoms with E-state index in [1.54, 1.807) is 0 Å². The number of carbonyl (C=O) groups is 1. The van der Waals surface area contributed by atoms with Crippen LogP contribution in [0, 0.1) is 5.82 Å². The number of aliphatic hydroxyl groups is 2. The third kappa shape index (κ3) is 4.48. The van der Waals surface area contributed by atoms with Crippen molar-refractivity contribution < 1.29 is 54.1 Å². The van der Waals surface area contributed by atoms with E-state index in [9.17, 15) is 23.8 Å². The first-order valence-electron chi connectivity index (χ1n) is 17.1. The molecule has 1 saturated carbocycles. The first-order valence-corrected chi connectivity index (χ1v) is 11.1. The predicted molar refractivity (Wildman–Crippen MR) is 131 cm³/mol. The van der Waals surface area contributed by atoms with Crippen molar-refractivity contribution >= 4 is 16.7 Å². The maximum Gasteiger partial charge on any atom is 0.586 e. The van der Waals surface area contributed by atoms with Gasteiger partial charge in [0, 0.05) is 31.1 Å². The van der Waals surface area contributed by atoms with Crippen LogP contribution in [0.15, 0.2) is 36.3 Å². The number of hydrogen-bond acceptors (Lipinski definition) is 5. The van der Waals surface area contributed by atoms with E-state index >= 15 is 4.39 Å². The first kappa shape index (κ1) is 14.8. The highest BCUT2D eigenvalue weighted by atomic mass is 19.3. The van der Waals surface area contributed by atoms with E-state index in [0.717, 1.165) is 25.1 Å². The minimum atomic E-state index is -4.10. The van der Waals surface area contributed by atoms with Crippen molar-refractivity contribution in [2.75, 3.05) is 6.56 Å². The maximum absolute atomic E-state index is 16.2. The highest BCUT2D eigenvalue weighted by molar-refractivity contribution is 5.95. The Kier molecular flexibility index (Phi) is 3.50. The van der Waals surface area contributed by atoms with Gasteiger partial charge in [-0.15, -0.1) is 8.78 Å². The molecule has 1 aliphatic heterocycles. The number of benzene rings is 2. The standard InChI is InChI=1S/C28H30F3NO5/c1-4-26(2,3)24-10-17-9-16(20(29)13-21(17)32(24)14-19(34)15-33)11-25(35)27(7-8-27)18-5-6-22-23(12-18)37-28(30,31)36-22/h5-6,9-10,12-13,19,33-34H,4,7-8,11,14-15H2,1-3H3/t19-/m0/s1/i4D2,7D2,8D2,9D,10D,13D,15D2,19D. The summed E-state index contributed by atoms with van der Waals surface area (Å²) in [4.78, 5) is 14.0. The summed E-state index contributed by atoms with van der Waals surface area (Å²) in [7, 11) is 0. The van der Waals surface area contributed by atoms with Gasteiger partial charge in [0.15, 0.2) is 11.5 Å². The molecular formula is C28H30F3NO5. The van der Waals surface area contributed by atoms with Crippen LogP contribution in [-0.4, -0.2) is 39.5 Å². The van der Waals surface area contributed by atoms with Crippen LogP contribution in [-0.2, 0) is 28.6 Å². The third-order valence-corrected chi connectivity index (χ3v) is 6.41. The molecule has 9 heteroatoms. The van der Waals surface area contributed by atoms with Gasteiger partial charge in [0.2, 0.25) is 0 Å². The SMILES string of the molecule is [2H]c1c(CC(=O)C2(c3ccc4c(c3)OC(F)(F)O4)C([2H])([2H])C2([2H])[2H])c(F)c([2H])c2c1c([2H])c(C(C)(C)C([2H])([2H])C)n2C[C@]([2H])(O)C([2H])([2H])O. The lowest BCUT2D eigenvalue weighted by Gasteiger charge is -2.26. The molecule has 1 aliphatic carbocycles. The van der Waals surface area contributed by atoms with Crippen LogP contribution in [0.3, 0.4) is 0 Å². The van der Waals surface area contributed by atoms with E-state index in [1.807, 2.05) is 0 Å². The lowest BCUT2D eigenvalue weighted by molar-refractivity contribution is -0.286. The van der Waals surface area contributed by atoms with E-state index in [1.165, 1.54) is 13.8 Å². The number of Topliss-reactive ketones (excluding diaryl/α,β-unsaturated/α-hetero) is 1. The van der Waals surface area contributed by atoms with Crippen molar-refractivity contribution in [2.24, 2.45) is 0 Å². The van der Waals surface area contributed by atoms with Gasteiger partial charge in [0.1, 0.15) is 11.6 Å². The number of aromatic nitrogens is 1. The van der Waals surface area contributed by atoms with Gasteiger partial charge in [-0.2, -0.15) is 0 Å². The molecule has 2 heterocycles. The molecular weight excluding hydrogens is 487 g/mol. The van der Waals surface area contributed by atoms with Crippen LogP contribution < -0.4 is 9.47 Å². The largest absolute Gasteiger partial charge is 0.586 e. The Bertz CT molecular complexity index is 1900. The van der Waals surface area contributed by atoms with Gasteiger partial charge in [-0.1, -0.05) is 26.8 Å². The second-order valence-electron chi connectivity index (χ2n) is 9.19. The summed E-state index contributed by atoms with van der Waals surface area (Å²) in [5, 5.41) is 19.8. The molecule has 37 heavy (non-hydrogen) atoms. The second-order valence-corrected chi connectivity index (χ2v) is 9.19. The Morgan fingerprint density at radius 3 is 2.65 bits per heavy atom. The van der Waals surface area contributed by atoms with Crippen LogP contribution in [0.4, 0.5) is 13.2 Å². The number of hydrogen-bond donors (Lipinski definition) is 2. The number of nitrogens with zero attached hydrogens (tertiary/aromatic N) is 1. The van der Waals surface area contributed by atoms with Gasteiger partial charge in [0.05, 0.1) is 38.3 Å². The van der Waals surface area contributed by atoms with Crippen LogP contribution >= 0.6 is 0 Å². The summed E-state index contributed by atoms with van der Waals surface area (Å²) in [6, 6.07) is -0.185. The van der Waals surface area contributed by atoms with Crippen molar-refractivity contribution in [1.29, 1.82) is 0 Å². The zero-order chi connectivity index (χ0) is 37.5. The van der Waals surface area contributed by atoms with E-state index in [0.29, 0.717) is 4.57 Å². The van der Waals surface area contributed by atoms with Crippen LogP contribution in [0.1, 0.15) is 73.2 Å². The molecule has 2 aromatic carbocycles. The quantitative estimate of drug-likeness (QED) is 0.409. The number of fused-ring (bicyclic) bond motifs is 2. The smallest absolute Gasteiger partial charge is 0.395 e. The van der Waals surface area contributed by atoms with E-state index in [4.69, 9.17) is 16.4 Å². The van der Waals surface area contributed by atoms with Gasteiger partial charge in [0.25, 0.3) is 0 Å². The molecule has 6 nitrogen and oxygen atoms in total. The number of ketones is 1. The lowest BCUT2D eigenvalue weighted by atomic mass is 9.86. The molecule has 2 N–H and O–H groups in total. The molecule has 0 radical (unpaired) electrons. The Balaban J connectivity index is 1.73. The molecule has 198 valence electrons. The fraction of sp³-hybridized carbons (Fsp3) is 0.464. The van der Waals surface area contributed by atoms with Crippen molar-refractivity contribution in [2.45, 2.75) is 76.1 Å². The van der Waals surface area contributed by atoms with Crippen molar-refractivity contribution in [1.82, 2.24) is 4.57 Å². The Hall–Kier alpha value is -3.04. The summed E-state index contributed by atoms with van der Waals surface area (Å²) in [5.74, 6) is -4.09. The van der Waals surface area contributed by atoms with Gasteiger partial charge >= 0.3 is 6.29 Å². The minimum Gasteiger partial charge on any atom is -0.395 e. The highest BCUT2D eigenvalue weighted by Gasteiger charge is 2.52. The van der Waals surface area contributed by atoms with Gasteiger partial charge in [-0.3, -0.25) is 4.79 Å². The van der Waals surface area contributed by atoms with Crippen LogP contribution in [0.2, 0.25) is 0 Å². The molecule has 0 bridgehead atoms. The zero-order valence-electron chi connectivity index (χ0n) is 31.8. The Morgan fingerprint density at radius 1 is 1.30 bits per heavy atom. The average Bonchev–Trinajstić information content (AvgIpc) is 3.17. The molecule has 0 amide bonds. The monoisotopic (exact) mass is 529 g/mol. The number of alkyl halides is 2. The number of carbonyl (C=O) groups excluding carboxylic acids is 1. The summed E-state index contributed by atoms with van der Waals surface area (Å²) in [6.45, 7) is -1.24. The minimum absolute atomic E-state index is 0.432. The number of halogens is 3. The fourth-order valence-electron chi connectivity index (χ4n) is 4.16. The van der Waals surface area contributed by atoms with E-state index < -0.39 is 131 Å². The summed E-state index contributed by atoms with van der Waals surface area (Å²) < 4.78 is 153. The molecule has 0 saturated heterocycles. The normalized spacial score (nSPS) is 27.4. The second kappa shape index (κ2) is 8.77. The number of ether oxygens (including phenoxy) is 2. The van der Waals surface area contributed by atoms with Gasteiger partial charge in [-0.05, 0) is 60.5 Å². The Labute approximate surface area is 229 Å². The molecule has 0 spiro atoms. The van der Waals surface area contributed by atoms with Crippen LogP contribution in [0.25, 0.3) is 10.9 Å².